The fraction of sp³-hybridized carbons (Fsp3) is 0.250. The zero-order valence-electron chi connectivity index (χ0n) is 12.1. The van der Waals surface area contributed by atoms with E-state index in [1.807, 2.05) is 26.0 Å². The number of aryl methyl sites for hydroxylation is 1. The van der Waals surface area contributed by atoms with E-state index in [2.05, 4.69) is 4.98 Å². The Hall–Kier alpha value is -1.58. The van der Waals surface area contributed by atoms with Crippen molar-refractivity contribution in [1.29, 1.82) is 0 Å². The summed E-state index contributed by atoms with van der Waals surface area (Å²) in [6.07, 6.45) is 1.59. The third-order valence-corrected chi connectivity index (χ3v) is 4.03. The largest absolute Gasteiger partial charge is 0.335 e. The van der Waals surface area contributed by atoms with Gasteiger partial charge in [-0.05, 0) is 43.7 Å². The molecule has 0 unspecified atom stereocenters. The molecule has 0 aliphatic rings. The molecule has 1 aromatic carbocycles. The van der Waals surface area contributed by atoms with Crippen LogP contribution in [0.5, 0.6) is 0 Å². The number of halogens is 2. The van der Waals surface area contributed by atoms with Crippen LogP contribution in [0.4, 0.5) is 0 Å². The third kappa shape index (κ3) is 3.55. The molecule has 1 heterocycles. The van der Waals surface area contributed by atoms with Crippen LogP contribution in [0.3, 0.4) is 0 Å². The standard InChI is InChI=1S/C16H16Cl2N2O/c1-10-4-5-12(9-19-10)16(21)20(3)11(2)14-7-6-13(17)8-15(14)18/h4-9,11H,1-3H3/t11-/m0/s1. The number of amides is 1. The highest BCUT2D eigenvalue weighted by Gasteiger charge is 2.21. The molecule has 0 fully saturated rings. The average Bonchev–Trinajstić information content (AvgIpc) is 2.46. The number of rotatable bonds is 3. The van der Waals surface area contributed by atoms with Crippen molar-refractivity contribution in [3.05, 3.63) is 63.4 Å². The zero-order valence-corrected chi connectivity index (χ0v) is 13.6. The van der Waals surface area contributed by atoms with Gasteiger partial charge in [0.05, 0.1) is 11.6 Å². The summed E-state index contributed by atoms with van der Waals surface area (Å²) in [5.41, 5.74) is 2.29. The summed E-state index contributed by atoms with van der Waals surface area (Å²) in [5.74, 6) is -0.0963. The van der Waals surface area contributed by atoms with Gasteiger partial charge in [-0.1, -0.05) is 29.3 Å². The highest BCUT2D eigenvalue weighted by Crippen LogP contribution is 2.29. The first-order valence-electron chi connectivity index (χ1n) is 6.55. The van der Waals surface area contributed by atoms with E-state index in [4.69, 9.17) is 23.2 Å². The molecule has 0 aliphatic heterocycles. The lowest BCUT2D eigenvalue weighted by Gasteiger charge is -2.26. The predicted molar refractivity (Wildman–Crippen MR) is 85.9 cm³/mol. The maximum absolute atomic E-state index is 12.5. The number of carbonyl (C=O) groups excluding carboxylic acids is 1. The average molecular weight is 323 g/mol. The van der Waals surface area contributed by atoms with Gasteiger partial charge in [-0.2, -0.15) is 0 Å². The number of aromatic nitrogens is 1. The van der Waals surface area contributed by atoms with Crippen molar-refractivity contribution in [2.45, 2.75) is 19.9 Å². The Morgan fingerprint density at radius 1 is 1.24 bits per heavy atom. The molecule has 1 amide bonds. The third-order valence-electron chi connectivity index (χ3n) is 3.47. The normalized spacial score (nSPS) is 12.0. The lowest BCUT2D eigenvalue weighted by molar-refractivity contribution is 0.0742. The summed E-state index contributed by atoms with van der Waals surface area (Å²) in [6.45, 7) is 3.81. The van der Waals surface area contributed by atoms with E-state index in [9.17, 15) is 4.79 Å². The zero-order chi connectivity index (χ0) is 15.6. The lowest BCUT2D eigenvalue weighted by Crippen LogP contribution is -2.29. The first-order chi connectivity index (χ1) is 9.90. The van der Waals surface area contributed by atoms with Crippen LogP contribution in [0.2, 0.25) is 10.0 Å². The Bertz CT molecular complexity index is 656. The van der Waals surface area contributed by atoms with Crippen molar-refractivity contribution >= 4 is 29.1 Å². The lowest BCUT2D eigenvalue weighted by atomic mass is 10.1. The number of hydrogen-bond donors (Lipinski definition) is 0. The molecule has 21 heavy (non-hydrogen) atoms. The molecule has 0 saturated heterocycles. The molecule has 5 heteroatoms. The first kappa shape index (κ1) is 15.8. The quantitative estimate of drug-likeness (QED) is 0.831. The Balaban J connectivity index is 2.24. The highest BCUT2D eigenvalue weighted by atomic mass is 35.5. The molecule has 1 aromatic heterocycles. The fourth-order valence-electron chi connectivity index (χ4n) is 2.02. The minimum absolute atomic E-state index is 0.0963. The van der Waals surface area contributed by atoms with E-state index in [0.29, 0.717) is 15.6 Å². The fourth-order valence-corrected chi connectivity index (χ4v) is 2.59. The number of benzene rings is 1. The van der Waals surface area contributed by atoms with Crippen LogP contribution in [0.25, 0.3) is 0 Å². The van der Waals surface area contributed by atoms with Crippen molar-refractivity contribution in [3.63, 3.8) is 0 Å². The molecule has 110 valence electrons. The SMILES string of the molecule is Cc1ccc(C(=O)N(C)[C@@H](C)c2ccc(Cl)cc2Cl)cn1. The van der Waals surface area contributed by atoms with Crippen LogP contribution in [-0.4, -0.2) is 22.8 Å². The van der Waals surface area contributed by atoms with Crippen LogP contribution in [0.1, 0.15) is 34.6 Å². The smallest absolute Gasteiger partial charge is 0.255 e. The highest BCUT2D eigenvalue weighted by molar-refractivity contribution is 6.35. The second-order valence-electron chi connectivity index (χ2n) is 4.95. The van der Waals surface area contributed by atoms with Crippen LogP contribution in [-0.2, 0) is 0 Å². The van der Waals surface area contributed by atoms with Gasteiger partial charge in [0.25, 0.3) is 5.91 Å². The second-order valence-corrected chi connectivity index (χ2v) is 5.79. The van der Waals surface area contributed by atoms with Crippen molar-refractivity contribution in [2.75, 3.05) is 7.05 Å². The monoisotopic (exact) mass is 322 g/mol. The molecular formula is C16H16Cl2N2O. The second kappa shape index (κ2) is 6.46. The van der Waals surface area contributed by atoms with Crippen molar-refractivity contribution in [3.8, 4) is 0 Å². The molecule has 2 rings (SSSR count). The topological polar surface area (TPSA) is 33.2 Å². The summed E-state index contributed by atoms with van der Waals surface area (Å²) >= 11 is 12.1. The van der Waals surface area contributed by atoms with Crippen LogP contribution in [0.15, 0.2) is 36.5 Å². The molecule has 2 aromatic rings. The molecule has 0 saturated carbocycles. The molecule has 3 nitrogen and oxygen atoms in total. The molecule has 0 bridgehead atoms. The Labute approximate surface area is 134 Å². The van der Waals surface area contributed by atoms with Crippen LogP contribution in [0, 0.1) is 6.92 Å². The number of carbonyl (C=O) groups is 1. The Morgan fingerprint density at radius 3 is 2.52 bits per heavy atom. The molecule has 0 aliphatic carbocycles. The molecule has 0 spiro atoms. The number of hydrogen-bond acceptors (Lipinski definition) is 2. The van der Waals surface area contributed by atoms with Gasteiger partial charge >= 0.3 is 0 Å². The van der Waals surface area contributed by atoms with Crippen molar-refractivity contribution in [2.24, 2.45) is 0 Å². The van der Waals surface area contributed by atoms with Gasteiger partial charge in [-0.25, -0.2) is 0 Å². The Kier molecular flexibility index (Phi) is 4.86. The van der Waals surface area contributed by atoms with E-state index in [-0.39, 0.29) is 11.9 Å². The van der Waals surface area contributed by atoms with E-state index >= 15 is 0 Å². The summed E-state index contributed by atoms with van der Waals surface area (Å²) in [6, 6.07) is 8.72. The Morgan fingerprint density at radius 2 is 1.95 bits per heavy atom. The molecular weight excluding hydrogens is 307 g/mol. The maximum Gasteiger partial charge on any atom is 0.255 e. The van der Waals surface area contributed by atoms with Gasteiger partial charge < -0.3 is 4.90 Å². The van der Waals surface area contributed by atoms with Crippen LogP contribution >= 0.6 is 23.2 Å². The minimum Gasteiger partial charge on any atom is -0.335 e. The minimum atomic E-state index is -0.163. The van der Waals surface area contributed by atoms with Gasteiger partial charge in [-0.3, -0.25) is 9.78 Å². The summed E-state index contributed by atoms with van der Waals surface area (Å²) < 4.78 is 0. The number of nitrogens with zero attached hydrogens (tertiary/aromatic N) is 2. The van der Waals surface area contributed by atoms with E-state index in [1.165, 1.54) is 0 Å². The van der Waals surface area contributed by atoms with Gasteiger partial charge in [0.15, 0.2) is 0 Å². The van der Waals surface area contributed by atoms with Gasteiger partial charge in [0.1, 0.15) is 0 Å². The summed E-state index contributed by atoms with van der Waals surface area (Å²) in [5, 5.41) is 1.13. The van der Waals surface area contributed by atoms with Gasteiger partial charge in [-0.15, -0.1) is 0 Å². The molecule has 1 atom stereocenters. The van der Waals surface area contributed by atoms with Crippen molar-refractivity contribution < 1.29 is 4.79 Å². The van der Waals surface area contributed by atoms with Gasteiger partial charge in [0, 0.05) is 29.0 Å². The van der Waals surface area contributed by atoms with Crippen molar-refractivity contribution in [1.82, 2.24) is 9.88 Å². The van der Waals surface area contributed by atoms with Crippen LogP contribution < -0.4 is 0 Å². The van der Waals surface area contributed by atoms with Gasteiger partial charge in [0.2, 0.25) is 0 Å². The van der Waals surface area contributed by atoms with E-state index < -0.39 is 0 Å². The van der Waals surface area contributed by atoms with E-state index in [0.717, 1.165) is 11.3 Å². The number of pyridine rings is 1. The maximum atomic E-state index is 12.5. The first-order valence-corrected chi connectivity index (χ1v) is 7.30. The summed E-state index contributed by atoms with van der Waals surface area (Å²) in [7, 11) is 1.75. The summed E-state index contributed by atoms with van der Waals surface area (Å²) in [4.78, 5) is 18.3. The predicted octanol–water partition coefficient (Wildman–Crippen LogP) is 4.53. The molecule has 0 N–H and O–H groups in total. The van der Waals surface area contributed by atoms with E-state index in [1.54, 1.807) is 36.3 Å². The molecule has 0 radical (unpaired) electrons.